The Kier molecular flexibility index (Phi) is 10.3. The molecule has 78 valence electrons. The molecule has 0 aliphatic carbocycles. The highest BCUT2D eigenvalue weighted by Crippen LogP contribution is 2.11. The van der Waals surface area contributed by atoms with Crippen molar-refractivity contribution in [3.8, 4) is 0 Å². The van der Waals surface area contributed by atoms with Crippen LogP contribution in [-0.4, -0.2) is 64.2 Å². The first-order valence-electron chi connectivity index (χ1n) is 3.41. The van der Waals surface area contributed by atoms with Gasteiger partial charge in [-0.2, -0.15) is 0 Å². The van der Waals surface area contributed by atoms with Crippen LogP contribution >= 0.6 is 0 Å². The fourth-order valence-corrected chi connectivity index (χ4v) is 0.659. The summed E-state index contributed by atoms with van der Waals surface area (Å²) in [6.07, 6.45) is 0.645. The fourth-order valence-electron chi connectivity index (χ4n) is 0.659. The molecule has 6 heteroatoms. The van der Waals surface area contributed by atoms with Gasteiger partial charge in [-0.15, -0.1) is 0 Å². The van der Waals surface area contributed by atoms with E-state index < -0.39 is 5.97 Å². The Balaban J connectivity index is 0. The fraction of sp³-hybridized carbons (Fsp3) is 0.857. The molecule has 0 unspecified atom stereocenters. The Morgan fingerprint density at radius 3 is 1.92 bits per heavy atom. The summed E-state index contributed by atoms with van der Waals surface area (Å²) in [6.45, 7) is 0.0487. The molecule has 5 nitrogen and oxygen atoms in total. The lowest BCUT2D eigenvalue weighted by Gasteiger charge is -2.27. The summed E-state index contributed by atoms with van der Waals surface area (Å²) in [5.74, 6) is -1.21. The molecule has 0 saturated carbocycles. The van der Waals surface area contributed by atoms with Gasteiger partial charge in [-0.05, 0) is 0 Å². The second-order valence-electron chi connectivity index (χ2n) is 1.98. The highest BCUT2D eigenvalue weighted by molar-refractivity contribution is 5.75. The van der Waals surface area contributed by atoms with E-state index in [-0.39, 0.29) is 30.6 Å². The molecule has 0 fully saturated rings. The van der Waals surface area contributed by atoms with E-state index in [1.54, 1.807) is 0 Å². The first-order chi connectivity index (χ1) is 5.74. The summed E-state index contributed by atoms with van der Waals surface area (Å²) in [7, 11) is 4.28. The zero-order chi connectivity index (χ0) is 9.45. The van der Waals surface area contributed by atoms with Crippen LogP contribution in [0.15, 0.2) is 0 Å². The topological polar surface area (TPSA) is 54.0 Å². The number of methoxy groups -OCH3 is 3. The zero-order valence-electron chi connectivity index (χ0n) is 7.53. The number of ether oxygens (including phenoxy) is 4. The van der Waals surface area contributed by atoms with Gasteiger partial charge in [-0.25, -0.2) is 0 Å². The van der Waals surface area contributed by atoms with E-state index in [0.29, 0.717) is 6.29 Å². The molecule has 0 aromatic rings. The maximum absolute atomic E-state index is 9.91. The predicted octanol–water partition coefficient (Wildman–Crippen LogP) is -1.39. The van der Waals surface area contributed by atoms with Crippen molar-refractivity contribution in [2.45, 2.75) is 5.97 Å². The molecule has 0 aromatic heterocycles. The number of carbonyl (C=O) groups excluding carboxylic acids is 1. The Bertz CT molecular complexity index is 118. The molecular weight excluding hydrogens is 191 g/mol. The van der Waals surface area contributed by atoms with Crippen LogP contribution in [0.5, 0.6) is 0 Å². The maximum Gasteiger partial charge on any atom is 0.307 e. The number of hydrogen-bond acceptors (Lipinski definition) is 5. The standard InChI is InChI=1S/C7H14O5.Al.3H/c1-9-7(10-2,11-3)6-12-5-4-8;;;;/h4H,5-6H2,1-3H3;;;;. The number of carbonyl (C=O) groups is 1. The largest absolute Gasteiger partial charge is 0.366 e. The van der Waals surface area contributed by atoms with E-state index in [9.17, 15) is 4.79 Å². The van der Waals surface area contributed by atoms with E-state index in [1.807, 2.05) is 0 Å². The van der Waals surface area contributed by atoms with Gasteiger partial charge in [0.25, 0.3) is 0 Å². The minimum atomic E-state index is -1.21. The van der Waals surface area contributed by atoms with Crippen molar-refractivity contribution < 1.29 is 23.7 Å². The van der Waals surface area contributed by atoms with Crippen LogP contribution < -0.4 is 0 Å². The smallest absolute Gasteiger partial charge is 0.307 e. The predicted molar refractivity (Wildman–Crippen MR) is 50.6 cm³/mol. The molecule has 0 saturated heterocycles. The monoisotopic (exact) mass is 208 g/mol. The number of hydrogen-bond donors (Lipinski definition) is 0. The summed E-state index contributed by atoms with van der Waals surface area (Å²) in [6, 6.07) is 0. The Hall–Kier alpha value is 0.0425. The molecule has 0 rings (SSSR count). The Morgan fingerprint density at radius 1 is 1.15 bits per heavy atom. The highest BCUT2D eigenvalue weighted by atomic mass is 27.0. The van der Waals surface area contributed by atoms with E-state index in [2.05, 4.69) is 0 Å². The molecule has 13 heavy (non-hydrogen) atoms. The van der Waals surface area contributed by atoms with Gasteiger partial charge in [0.05, 0.1) is 0 Å². The van der Waals surface area contributed by atoms with E-state index in [0.717, 1.165) is 0 Å². The lowest BCUT2D eigenvalue weighted by atomic mass is 10.6. The van der Waals surface area contributed by atoms with Crippen LogP contribution in [0.4, 0.5) is 0 Å². The summed E-state index contributed by atoms with van der Waals surface area (Å²) in [5, 5.41) is 0. The summed E-state index contributed by atoms with van der Waals surface area (Å²) >= 11 is 0. The third kappa shape index (κ3) is 5.37. The number of aldehydes is 1. The molecule has 0 aliphatic rings. The van der Waals surface area contributed by atoms with Gasteiger partial charge in [0.2, 0.25) is 0 Å². The Morgan fingerprint density at radius 2 is 1.62 bits per heavy atom. The molecule has 0 atom stereocenters. The van der Waals surface area contributed by atoms with Gasteiger partial charge in [0.15, 0.2) is 17.4 Å². The molecule has 0 aromatic carbocycles. The van der Waals surface area contributed by atoms with Gasteiger partial charge in [0.1, 0.15) is 19.5 Å². The number of rotatable bonds is 7. The first kappa shape index (κ1) is 15.5. The van der Waals surface area contributed by atoms with E-state index >= 15 is 0 Å². The summed E-state index contributed by atoms with van der Waals surface area (Å²) in [4.78, 5) is 9.91. The second-order valence-corrected chi connectivity index (χ2v) is 1.98. The minimum absolute atomic E-state index is 0. The van der Waals surface area contributed by atoms with Crippen molar-refractivity contribution in [3.05, 3.63) is 0 Å². The molecule has 0 spiro atoms. The molecule has 0 radical (unpaired) electrons. The quantitative estimate of drug-likeness (QED) is 0.223. The maximum atomic E-state index is 9.91. The third-order valence-electron chi connectivity index (χ3n) is 1.40. The van der Waals surface area contributed by atoms with Crippen LogP contribution in [0.3, 0.4) is 0 Å². The second kappa shape index (κ2) is 8.63. The van der Waals surface area contributed by atoms with Gasteiger partial charge in [-0.3, -0.25) is 0 Å². The lowest BCUT2D eigenvalue weighted by molar-refractivity contribution is -0.367. The third-order valence-corrected chi connectivity index (χ3v) is 1.40. The van der Waals surface area contributed by atoms with Crippen molar-refractivity contribution in [1.29, 1.82) is 0 Å². The van der Waals surface area contributed by atoms with Crippen molar-refractivity contribution >= 4 is 23.6 Å². The van der Waals surface area contributed by atoms with Crippen LogP contribution in [-0.2, 0) is 23.7 Å². The molecule has 0 bridgehead atoms. The van der Waals surface area contributed by atoms with Crippen LogP contribution in [0.25, 0.3) is 0 Å². The molecular formula is C7H17AlO5. The van der Waals surface area contributed by atoms with Crippen LogP contribution in [0.1, 0.15) is 0 Å². The minimum Gasteiger partial charge on any atom is -0.366 e. The lowest BCUT2D eigenvalue weighted by Crippen LogP contribution is -2.41. The van der Waals surface area contributed by atoms with Crippen molar-refractivity contribution in [3.63, 3.8) is 0 Å². The van der Waals surface area contributed by atoms with Crippen molar-refractivity contribution in [2.24, 2.45) is 0 Å². The van der Waals surface area contributed by atoms with Crippen molar-refractivity contribution in [1.82, 2.24) is 0 Å². The molecule has 0 heterocycles. The van der Waals surface area contributed by atoms with Crippen molar-refractivity contribution in [2.75, 3.05) is 34.5 Å². The Labute approximate surface area is 88.4 Å². The highest BCUT2D eigenvalue weighted by Gasteiger charge is 2.29. The van der Waals surface area contributed by atoms with Crippen LogP contribution in [0, 0.1) is 0 Å². The van der Waals surface area contributed by atoms with Gasteiger partial charge < -0.3 is 23.7 Å². The summed E-state index contributed by atoms with van der Waals surface area (Å²) < 4.78 is 19.6. The van der Waals surface area contributed by atoms with E-state index in [1.165, 1.54) is 21.3 Å². The SMILES string of the molecule is COC(COCC=O)(OC)OC.[AlH3]. The van der Waals surface area contributed by atoms with Gasteiger partial charge >= 0.3 is 5.97 Å². The van der Waals surface area contributed by atoms with E-state index in [4.69, 9.17) is 18.9 Å². The normalized spacial score (nSPS) is 10.7. The average Bonchev–Trinajstić information content (AvgIpc) is 2.14. The summed E-state index contributed by atoms with van der Waals surface area (Å²) in [5.41, 5.74) is 0. The molecule has 0 N–H and O–H groups in total. The zero-order valence-corrected chi connectivity index (χ0v) is 7.53. The molecule has 0 aliphatic heterocycles. The van der Waals surface area contributed by atoms with Crippen LogP contribution in [0.2, 0.25) is 0 Å². The van der Waals surface area contributed by atoms with Gasteiger partial charge in [0, 0.05) is 21.3 Å². The average molecular weight is 208 g/mol. The molecule has 0 amide bonds. The first-order valence-corrected chi connectivity index (χ1v) is 3.41. The van der Waals surface area contributed by atoms with Gasteiger partial charge in [-0.1, -0.05) is 0 Å².